The molecule has 2 rings (SSSR count). The first kappa shape index (κ1) is 18.7. The Balaban J connectivity index is 2.37. The molecular weight excluding hydrogens is 326 g/mol. The molecule has 0 saturated heterocycles. The first-order valence-corrected chi connectivity index (χ1v) is 8.96. The summed E-state index contributed by atoms with van der Waals surface area (Å²) in [5.41, 5.74) is -0.483. The number of aliphatic hydroxyl groups excluding tert-OH is 1. The molecular formula is C18H25NO4S. The van der Waals surface area contributed by atoms with Gasteiger partial charge >= 0.3 is 0 Å². The Morgan fingerprint density at radius 3 is 2.58 bits per heavy atom. The summed E-state index contributed by atoms with van der Waals surface area (Å²) in [6.45, 7) is 9.89. The summed E-state index contributed by atoms with van der Waals surface area (Å²) in [4.78, 5) is 27.8. The van der Waals surface area contributed by atoms with Crippen molar-refractivity contribution >= 4 is 23.0 Å². The van der Waals surface area contributed by atoms with Gasteiger partial charge in [0, 0.05) is 16.8 Å². The first-order valence-electron chi connectivity index (χ1n) is 8.08. The van der Waals surface area contributed by atoms with Gasteiger partial charge in [0.15, 0.2) is 11.5 Å². The van der Waals surface area contributed by atoms with Crippen LogP contribution in [0.5, 0.6) is 0 Å². The molecule has 1 N–H and O–H groups in total. The van der Waals surface area contributed by atoms with Crippen LogP contribution in [0, 0.1) is 5.41 Å². The number of amides is 1. The number of Topliss-reactive ketones (excluding diaryl/α,β-unsaturated/α-hetero) is 1. The van der Waals surface area contributed by atoms with Gasteiger partial charge in [0.1, 0.15) is 0 Å². The van der Waals surface area contributed by atoms with Gasteiger partial charge < -0.3 is 14.7 Å². The normalized spacial score (nSPS) is 18.8. The van der Waals surface area contributed by atoms with Crippen LogP contribution in [-0.2, 0) is 14.3 Å². The lowest BCUT2D eigenvalue weighted by Gasteiger charge is -2.28. The lowest BCUT2D eigenvalue weighted by Crippen LogP contribution is -2.35. The van der Waals surface area contributed by atoms with Crippen molar-refractivity contribution in [2.24, 2.45) is 5.41 Å². The van der Waals surface area contributed by atoms with Crippen molar-refractivity contribution in [3.63, 3.8) is 0 Å². The van der Waals surface area contributed by atoms with Gasteiger partial charge in [0.2, 0.25) is 0 Å². The van der Waals surface area contributed by atoms with Crippen LogP contribution < -0.4 is 0 Å². The number of carbonyl (C=O) groups is 2. The summed E-state index contributed by atoms with van der Waals surface area (Å²) in [6.07, 6.45) is 0.0557. The average molecular weight is 351 g/mol. The fourth-order valence-corrected chi connectivity index (χ4v) is 3.50. The number of aliphatic hydroxyl groups is 1. The van der Waals surface area contributed by atoms with Gasteiger partial charge in [-0.05, 0) is 25.3 Å². The molecule has 1 aromatic heterocycles. The molecule has 0 fully saturated rings. The predicted octanol–water partition coefficient (Wildman–Crippen LogP) is 3.48. The van der Waals surface area contributed by atoms with Crippen LogP contribution in [0.4, 0.5) is 0 Å². The topological polar surface area (TPSA) is 66.8 Å². The summed E-state index contributed by atoms with van der Waals surface area (Å²) in [5.74, 6) is -1.15. The van der Waals surface area contributed by atoms with Gasteiger partial charge in [-0.15, -0.1) is 11.3 Å². The molecule has 0 spiro atoms. The van der Waals surface area contributed by atoms with E-state index in [0.717, 1.165) is 4.88 Å². The summed E-state index contributed by atoms with van der Waals surface area (Å²) in [6, 6.07) is 3.22. The maximum absolute atomic E-state index is 12.8. The number of rotatable bonds is 6. The molecule has 1 aliphatic rings. The molecule has 0 radical (unpaired) electrons. The zero-order chi connectivity index (χ0) is 18.1. The van der Waals surface area contributed by atoms with E-state index in [-0.39, 0.29) is 17.5 Å². The fourth-order valence-electron chi connectivity index (χ4n) is 2.65. The molecule has 132 valence electrons. The molecule has 2 heterocycles. The van der Waals surface area contributed by atoms with Crippen LogP contribution >= 0.6 is 11.3 Å². The molecule has 0 saturated carbocycles. The highest BCUT2D eigenvalue weighted by molar-refractivity contribution is 7.10. The second-order valence-electron chi connectivity index (χ2n) is 7.18. The van der Waals surface area contributed by atoms with Gasteiger partial charge in [0.05, 0.1) is 24.3 Å². The Morgan fingerprint density at radius 2 is 2.08 bits per heavy atom. The smallest absolute Gasteiger partial charge is 0.290 e. The zero-order valence-corrected chi connectivity index (χ0v) is 15.6. The van der Waals surface area contributed by atoms with E-state index in [1.165, 1.54) is 16.2 Å². The van der Waals surface area contributed by atoms with Gasteiger partial charge in [-0.25, -0.2) is 0 Å². The number of ketones is 1. The molecule has 1 aliphatic heterocycles. The third kappa shape index (κ3) is 3.70. The van der Waals surface area contributed by atoms with Gasteiger partial charge in [-0.2, -0.15) is 0 Å². The second-order valence-corrected chi connectivity index (χ2v) is 8.16. The van der Waals surface area contributed by atoms with E-state index >= 15 is 0 Å². The Bertz CT molecular complexity index is 640. The minimum atomic E-state index is -0.677. The SMILES string of the molecule is CC(C)OCCN1C(=O)C(O)=C(C(=O)C(C)(C)C)C1c1cccs1. The maximum Gasteiger partial charge on any atom is 0.290 e. The summed E-state index contributed by atoms with van der Waals surface area (Å²) < 4.78 is 5.54. The molecule has 24 heavy (non-hydrogen) atoms. The van der Waals surface area contributed by atoms with E-state index in [1.807, 2.05) is 31.4 Å². The van der Waals surface area contributed by atoms with Crippen molar-refractivity contribution < 1.29 is 19.4 Å². The summed E-state index contributed by atoms with van der Waals surface area (Å²) in [7, 11) is 0. The number of nitrogens with zero attached hydrogens (tertiary/aromatic N) is 1. The van der Waals surface area contributed by atoms with E-state index in [4.69, 9.17) is 4.74 Å². The minimum Gasteiger partial charge on any atom is -0.503 e. The third-order valence-electron chi connectivity index (χ3n) is 3.83. The largest absolute Gasteiger partial charge is 0.503 e. The van der Waals surface area contributed by atoms with E-state index in [9.17, 15) is 14.7 Å². The lowest BCUT2D eigenvalue weighted by molar-refractivity contribution is -0.130. The number of hydrogen-bond donors (Lipinski definition) is 1. The first-order chi connectivity index (χ1) is 11.1. The van der Waals surface area contributed by atoms with Crippen molar-refractivity contribution in [2.75, 3.05) is 13.2 Å². The second kappa shape index (κ2) is 7.07. The van der Waals surface area contributed by atoms with Crippen LogP contribution in [0.15, 0.2) is 28.8 Å². The molecule has 1 unspecified atom stereocenters. The maximum atomic E-state index is 12.8. The number of hydrogen-bond acceptors (Lipinski definition) is 5. The minimum absolute atomic E-state index is 0.0557. The van der Waals surface area contributed by atoms with Crippen LogP contribution in [0.1, 0.15) is 45.5 Å². The fraction of sp³-hybridized carbons (Fsp3) is 0.556. The Labute approximate surface area is 146 Å². The van der Waals surface area contributed by atoms with Crippen LogP contribution in [0.2, 0.25) is 0 Å². The highest BCUT2D eigenvalue weighted by Gasteiger charge is 2.46. The van der Waals surface area contributed by atoms with Crippen LogP contribution in [-0.4, -0.2) is 41.0 Å². The number of ether oxygens (including phenoxy) is 1. The van der Waals surface area contributed by atoms with Crippen molar-refractivity contribution in [3.8, 4) is 0 Å². The zero-order valence-electron chi connectivity index (χ0n) is 14.8. The number of thiophene rings is 1. The molecule has 0 aliphatic carbocycles. The standard InChI is InChI=1S/C18H25NO4S/c1-11(2)23-9-8-19-14(12-7-6-10-24-12)13(15(20)17(19)22)16(21)18(3,4)5/h6-7,10-11,14,20H,8-9H2,1-5H3. The van der Waals surface area contributed by atoms with E-state index in [0.29, 0.717) is 13.2 Å². The van der Waals surface area contributed by atoms with Crippen molar-refractivity contribution in [2.45, 2.75) is 46.8 Å². The molecule has 1 amide bonds. The van der Waals surface area contributed by atoms with Gasteiger partial charge in [-0.1, -0.05) is 26.8 Å². The monoisotopic (exact) mass is 351 g/mol. The molecule has 1 aromatic rings. The summed E-state index contributed by atoms with van der Waals surface area (Å²) >= 11 is 1.47. The van der Waals surface area contributed by atoms with E-state index < -0.39 is 23.1 Å². The van der Waals surface area contributed by atoms with E-state index in [1.54, 1.807) is 20.8 Å². The molecule has 5 nitrogen and oxygen atoms in total. The predicted molar refractivity (Wildman–Crippen MR) is 94.0 cm³/mol. The summed E-state index contributed by atoms with van der Waals surface area (Å²) in [5, 5.41) is 12.3. The van der Waals surface area contributed by atoms with E-state index in [2.05, 4.69) is 0 Å². The van der Waals surface area contributed by atoms with Crippen molar-refractivity contribution in [1.29, 1.82) is 0 Å². The van der Waals surface area contributed by atoms with Crippen molar-refractivity contribution in [3.05, 3.63) is 33.7 Å². The average Bonchev–Trinajstić information content (AvgIpc) is 3.07. The van der Waals surface area contributed by atoms with Crippen LogP contribution in [0.25, 0.3) is 0 Å². The van der Waals surface area contributed by atoms with Gasteiger partial charge in [-0.3, -0.25) is 9.59 Å². The van der Waals surface area contributed by atoms with Crippen LogP contribution in [0.3, 0.4) is 0 Å². The highest BCUT2D eigenvalue weighted by atomic mass is 32.1. The quantitative estimate of drug-likeness (QED) is 0.852. The Morgan fingerprint density at radius 1 is 1.42 bits per heavy atom. The molecule has 1 atom stereocenters. The highest BCUT2D eigenvalue weighted by Crippen LogP contribution is 2.42. The number of carbonyl (C=O) groups excluding carboxylic acids is 2. The van der Waals surface area contributed by atoms with Gasteiger partial charge in [0.25, 0.3) is 5.91 Å². The van der Waals surface area contributed by atoms with Crippen molar-refractivity contribution in [1.82, 2.24) is 4.90 Å². The Hall–Kier alpha value is -1.66. The Kier molecular flexibility index (Phi) is 5.50. The molecule has 0 aromatic carbocycles. The molecule has 0 bridgehead atoms. The molecule has 6 heteroatoms. The lowest BCUT2D eigenvalue weighted by atomic mass is 9.83. The third-order valence-corrected chi connectivity index (χ3v) is 4.75.